The molecule has 0 aliphatic rings. The molecular weight excluding hydrogens is 310 g/mol. The van der Waals surface area contributed by atoms with E-state index in [4.69, 9.17) is 11.6 Å². The van der Waals surface area contributed by atoms with Crippen LogP contribution < -0.4 is 5.32 Å². The van der Waals surface area contributed by atoms with E-state index in [1.807, 2.05) is 19.1 Å². The Hall–Kier alpha value is -1.79. The van der Waals surface area contributed by atoms with Gasteiger partial charge in [0.05, 0.1) is 4.92 Å². The molecule has 1 aromatic carbocycles. The fourth-order valence-corrected chi connectivity index (χ4v) is 2.63. The van der Waals surface area contributed by atoms with Gasteiger partial charge < -0.3 is 5.32 Å². The van der Waals surface area contributed by atoms with Crippen LogP contribution in [0.2, 0.25) is 5.02 Å². The molecule has 110 valence electrons. The first-order valence-corrected chi connectivity index (χ1v) is 7.62. The van der Waals surface area contributed by atoms with Gasteiger partial charge in [0.15, 0.2) is 5.03 Å². The van der Waals surface area contributed by atoms with Crippen molar-refractivity contribution in [3.05, 3.63) is 51.5 Å². The normalized spacial score (nSPS) is 10.4. The van der Waals surface area contributed by atoms with Crippen LogP contribution in [0.4, 0.5) is 11.5 Å². The van der Waals surface area contributed by atoms with Crippen molar-refractivity contribution in [2.75, 3.05) is 11.9 Å². The van der Waals surface area contributed by atoms with E-state index in [9.17, 15) is 10.1 Å². The van der Waals surface area contributed by atoms with E-state index in [0.29, 0.717) is 15.9 Å². The zero-order valence-corrected chi connectivity index (χ0v) is 12.9. The standard InChI is InChI=1S/C14H14ClN3O2S/c1-2-9-16-13-8-7-12(18(19)20)14(17-13)21-11-5-3-10(15)4-6-11/h3-8H,2,9H2,1H3,(H,16,17). The number of benzene rings is 1. The van der Waals surface area contributed by atoms with Gasteiger partial charge in [-0.05, 0) is 36.8 Å². The van der Waals surface area contributed by atoms with Crippen molar-refractivity contribution >= 4 is 34.9 Å². The first-order valence-electron chi connectivity index (χ1n) is 6.43. The average molecular weight is 324 g/mol. The summed E-state index contributed by atoms with van der Waals surface area (Å²) >= 11 is 7.08. The van der Waals surface area contributed by atoms with Crippen LogP contribution in [0.1, 0.15) is 13.3 Å². The number of hydrogen-bond donors (Lipinski definition) is 1. The van der Waals surface area contributed by atoms with E-state index < -0.39 is 4.92 Å². The van der Waals surface area contributed by atoms with Crippen LogP contribution in [-0.4, -0.2) is 16.5 Å². The summed E-state index contributed by atoms with van der Waals surface area (Å²) in [5, 5.41) is 15.2. The van der Waals surface area contributed by atoms with Gasteiger partial charge >= 0.3 is 5.69 Å². The number of pyridine rings is 1. The van der Waals surface area contributed by atoms with E-state index in [1.165, 1.54) is 17.8 Å². The third-order valence-electron chi connectivity index (χ3n) is 2.62. The summed E-state index contributed by atoms with van der Waals surface area (Å²) in [7, 11) is 0. The molecule has 1 heterocycles. The molecule has 0 saturated carbocycles. The van der Waals surface area contributed by atoms with Crippen molar-refractivity contribution < 1.29 is 4.92 Å². The molecule has 0 amide bonds. The quantitative estimate of drug-likeness (QED) is 0.620. The van der Waals surface area contributed by atoms with E-state index in [0.717, 1.165) is 17.9 Å². The van der Waals surface area contributed by atoms with Gasteiger partial charge in [0.2, 0.25) is 0 Å². The summed E-state index contributed by atoms with van der Waals surface area (Å²) in [5.41, 5.74) is -0.00278. The summed E-state index contributed by atoms with van der Waals surface area (Å²) in [5.74, 6) is 0.638. The van der Waals surface area contributed by atoms with Gasteiger partial charge in [0.1, 0.15) is 5.82 Å². The molecule has 2 aromatic rings. The Morgan fingerprint density at radius 2 is 2.00 bits per heavy atom. The van der Waals surface area contributed by atoms with Gasteiger partial charge in [0.25, 0.3) is 0 Å². The highest BCUT2D eigenvalue weighted by Crippen LogP contribution is 2.34. The van der Waals surface area contributed by atoms with Crippen molar-refractivity contribution in [2.45, 2.75) is 23.3 Å². The molecule has 0 bridgehead atoms. The van der Waals surface area contributed by atoms with E-state index in [1.54, 1.807) is 18.2 Å². The Bertz CT molecular complexity index is 635. The van der Waals surface area contributed by atoms with Crippen molar-refractivity contribution in [1.29, 1.82) is 0 Å². The highest BCUT2D eigenvalue weighted by atomic mass is 35.5. The number of nitrogens with one attached hydrogen (secondary N) is 1. The van der Waals surface area contributed by atoms with Gasteiger partial charge in [-0.15, -0.1) is 0 Å². The highest BCUT2D eigenvalue weighted by Gasteiger charge is 2.17. The predicted octanol–water partition coefficient (Wildman–Crippen LogP) is 4.62. The number of nitro groups is 1. The van der Waals surface area contributed by atoms with Crippen molar-refractivity contribution in [2.24, 2.45) is 0 Å². The van der Waals surface area contributed by atoms with Crippen molar-refractivity contribution in [3.63, 3.8) is 0 Å². The summed E-state index contributed by atoms with van der Waals surface area (Å²) in [6.07, 6.45) is 0.957. The lowest BCUT2D eigenvalue weighted by Gasteiger charge is -2.07. The summed E-state index contributed by atoms with van der Waals surface area (Å²) in [6.45, 7) is 2.82. The molecule has 0 atom stereocenters. The summed E-state index contributed by atoms with van der Waals surface area (Å²) in [4.78, 5) is 15.9. The monoisotopic (exact) mass is 323 g/mol. The maximum atomic E-state index is 11.1. The number of aromatic nitrogens is 1. The molecule has 7 heteroatoms. The molecule has 5 nitrogen and oxygen atoms in total. The predicted molar refractivity (Wildman–Crippen MR) is 85.2 cm³/mol. The molecule has 2 rings (SSSR count). The van der Waals surface area contributed by atoms with Crippen LogP contribution in [0.5, 0.6) is 0 Å². The van der Waals surface area contributed by atoms with E-state index >= 15 is 0 Å². The average Bonchev–Trinajstić information content (AvgIpc) is 2.47. The van der Waals surface area contributed by atoms with Crippen LogP contribution >= 0.6 is 23.4 Å². The summed E-state index contributed by atoms with van der Waals surface area (Å²) in [6, 6.07) is 10.2. The van der Waals surface area contributed by atoms with Crippen molar-refractivity contribution in [1.82, 2.24) is 4.98 Å². The minimum absolute atomic E-state index is 0.00278. The van der Waals surface area contributed by atoms with E-state index in [-0.39, 0.29) is 5.69 Å². The Balaban J connectivity index is 2.29. The Morgan fingerprint density at radius 1 is 1.29 bits per heavy atom. The van der Waals surface area contributed by atoms with Crippen LogP contribution in [0.3, 0.4) is 0 Å². The third-order valence-corrected chi connectivity index (χ3v) is 3.87. The number of anilines is 1. The molecule has 0 aliphatic carbocycles. The molecule has 21 heavy (non-hydrogen) atoms. The second-order valence-electron chi connectivity index (χ2n) is 4.26. The molecular formula is C14H14ClN3O2S. The highest BCUT2D eigenvalue weighted by molar-refractivity contribution is 7.99. The minimum Gasteiger partial charge on any atom is -0.370 e. The molecule has 0 aliphatic heterocycles. The number of halogens is 1. The zero-order chi connectivity index (χ0) is 15.2. The Morgan fingerprint density at radius 3 is 2.62 bits per heavy atom. The van der Waals surface area contributed by atoms with Crippen molar-refractivity contribution in [3.8, 4) is 0 Å². The van der Waals surface area contributed by atoms with Gasteiger partial charge in [-0.2, -0.15) is 0 Å². The van der Waals surface area contributed by atoms with Crippen LogP contribution in [0.15, 0.2) is 46.3 Å². The molecule has 0 unspecified atom stereocenters. The molecule has 0 fully saturated rings. The third kappa shape index (κ3) is 4.34. The zero-order valence-electron chi connectivity index (χ0n) is 11.4. The lowest BCUT2D eigenvalue weighted by atomic mass is 10.4. The molecule has 0 radical (unpaired) electrons. The Kier molecular flexibility index (Phi) is 5.41. The number of hydrogen-bond acceptors (Lipinski definition) is 5. The fraction of sp³-hybridized carbons (Fsp3) is 0.214. The van der Waals surface area contributed by atoms with Gasteiger partial charge in [-0.1, -0.05) is 30.3 Å². The van der Waals surface area contributed by atoms with Crippen LogP contribution in [0, 0.1) is 10.1 Å². The topological polar surface area (TPSA) is 68.1 Å². The molecule has 0 spiro atoms. The molecule has 1 aromatic heterocycles. The van der Waals surface area contributed by atoms with Crippen LogP contribution in [0.25, 0.3) is 0 Å². The lowest BCUT2D eigenvalue weighted by Crippen LogP contribution is -2.03. The second-order valence-corrected chi connectivity index (χ2v) is 5.76. The lowest BCUT2D eigenvalue weighted by molar-refractivity contribution is -0.388. The number of rotatable bonds is 6. The first-order chi connectivity index (χ1) is 10.1. The maximum absolute atomic E-state index is 11.1. The largest absolute Gasteiger partial charge is 0.370 e. The maximum Gasteiger partial charge on any atom is 0.301 e. The van der Waals surface area contributed by atoms with Gasteiger partial charge in [0, 0.05) is 22.5 Å². The molecule has 1 N–H and O–H groups in total. The van der Waals surface area contributed by atoms with E-state index in [2.05, 4.69) is 10.3 Å². The minimum atomic E-state index is -0.422. The van der Waals surface area contributed by atoms with Crippen LogP contribution in [-0.2, 0) is 0 Å². The van der Waals surface area contributed by atoms with Gasteiger partial charge in [-0.25, -0.2) is 4.98 Å². The fourth-order valence-electron chi connectivity index (χ4n) is 1.61. The smallest absolute Gasteiger partial charge is 0.301 e. The second kappa shape index (κ2) is 7.28. The first kappa shape index (κ1) is 15.6. The Labute approximate surface area is 131 Å². The SMILES string of the molecule is CCCNc1ccc([N+](=O)[O-])c(Sc2ccc(Cl)cc2)n1. The summed E-state index contributed by atoms with van der Waals surface area (Å²) < 4.78 is 0. The number of nitrogens with zero attached hydrogens (tertiary/aromatic N) is 2. The van der Waals surface area contributed by atoms with Gasteiger partial charge in [-0.3, -0.25) is 10.1 Å². The molecule has 0 saturated heterocycles.